The van der Waals surface area contributed by atoms with E-state index in [2.05, 4.69) is 64.7 Å². The maximum atomic E-state index is 4.10. The van der Waals surface area contributed by atoms with Gasteiger partial charge in [0, 0.05) is 32.9 Å². The molecule has 3 heteroatoms. The third kappa shape index (κ3) is 5.49. The van der Waals surface area contributed by atoms with Gasteiger partial charge in [-0.3, -0.25) is 9.89 Å². The predicted molar refractivity (Wildman–Crippen MR) is 96.0 cm³/mol. The van der Waals surface area contributed by atoms with Gasteiger partial charge in [-0.2, -0.15) is 0 Å². The number of rotatable bonds is 4. The molecule has 1 saturated heterocycles. The fraction of sp³-hybridized carbons (Fsp3) is 0.421. The van der Waals surface area contributed by atoms with Crippen molar-refractivity contribution < 1.29 is 0 Å². The van der Waals surface area contributed by atoms with E-state index in [-0.39, 0.29) is 0 Å². The highest BCUT2D eigenvalue weighted by molar-refractivity contribution is 5.80. The van der Waals surface area contributed by atoms with Crippen molar-refractivity contribution in [2.45, 2.75) is 26.7 Å². The first kappa shape index (κ1) is 16.5. The van der Waals surface area contributed by atoms with E-state index >= 15 is 0 Å². The highest BCUT2D eigenvalue weighted by Gasteiger charge is 2.13. The maximum absolute atomic E-state index is 4.10. The van der Waals surface area contributed by atoms with E-state index in [0.29, 0.717) is 0 Å². The van der Waals surface area contributed by atoms with Gasteiger partial charge in [-0.05, 0) is 37.8 Å². The van der Waals surface area contributed by atoms with Crippen LogP contribution in [0.4, 0.5) is 0 Å². The normalized spacial score (nSPS) is 17.5. The van der Waals surface area contributed by atoms with Crippen LogP contribution in [0.25, 0.3) is 6.08 Å². The highest BCUT2D eigenvalue weighted by Crippen LogP contribution is 2.19. The first-order valence-corrected chi connectivity index (χ1v) is 8.00. The molecule has 0 radical (unpaired) electrons. The Balaban J connectivity index is 1.81. The van der Waals surface area contributed by atoms with Gasteiger partial charge < -0.3 is 5.32 Å². The smallest absolute Gasteiger partial charge is 0.0967 e. The minimum atomic E-state index is 0.950. The molecule has 0 aliphatic carbocycles. The summed E-state index contributed by atoms with van der Waals surface area (Å²) in [5.74, 6) is 0.950. The lowest BCUT2D eigenvalue weighted by Gasteiger charge is -2.28. The number of aliphatic imine (C=N–C) groups is 1. The molecule has 2 rings (SSSR count). The van der Waals surface area contributed by atoms with Crippen LogP contribution in [0.2, 0.25) is 0 Å². The first-order valence-electron chi connectivity index (χ1n) is 8.00. The van der Waals surface area contributed by atoms with E-state index in [9.17, 15) is 0 Å². The Labute approximate surface area is 134 Å². The van der Waals surface area contributed by atoms with Crippen LogP contribution in [-0.2, 0) is 0 Å². The molecule has 1 fully saturated rings. The summed E-state index contributed by atoms with van der Waals surface area (Å²) in [5, 5.41) is 3.21. The number of nitrogens with zero attached hydrogens (tertiary/aromatic N) is 2. The average molecular weight is 297 g/mol. The molecule has 22 heavy (non-hydrogen) atoms. The van der Waals surface area contributed by atoms with Crippen molar-refractivity contribution in [3.05, 3.63) is 53.2 Å². The van der Waals surface area contributed by atoms with Crippen molar-refractivity contribution in [3.63, 3.8) is 0 Å². The molecule has 0 bridgehead atoms. The SMILES string of the molecule is CN=C(C)N/C=C(\C)CN1CCC(=Cc2ccccc2)CC1. The van der Waals surface area contributed by atoms with Crippen LogP contribution in [0.1, 0.15) is 32.3 Å². The van der Waals surface area contributed by atoms with Crippen molar-refractivity contribution in [2.75, 3.05) is 26.7 Å². The van der Waals surface area contributed by atoms with Gasteiger partial charge in [0.25, 0.3) is 0 Å². The number of hydrogen-bond donors (Lipinski definition) is 1. The Morgan fingerprint density at radius 3 is 2.50 bits per heavy atom. The van der Waals surface area contributed by atoms with Crippen LogP contribution < -0.4 is 5.32 Å². The molecule has 3 nitrogen and oxygen atoms in total. The second-order valence-electron chi connectivity index (χ2n) is 5.93. The number of likely N-dealkylation sites (tertiary alicyclic amines) is 1. The molecule has 1 aromatic rings. The number of benzene rings is 1. The zero-order valence-corrected chi connectivity index (χ0v) is 14.0. The molecular weight excluding hydrogens is 270 g/mol. The lowest BCUT2D eigenvalue weighted by atomic mass is 10.0. The lowest BCUT2D eigenvalue weighted by molar-refractivity contribution is 0.277. The number of piperidine rings is 1. The van der Waals surface area contributed by atoms with E-state index in [1.165, 1.54) is 24.0 Å². The van der Waals surface area contributed by atoms with Crippen molar-refractivity contribution in [3.8, 4) is 0 Å². The standard InChI is InChI=1S/C19H27N3/c1-16(14-21-17(2)20-3)15-22-11-9-19(10-12-22)13-18-7-5-4-6-8-18/h4-8,13-14H,9-12,15H2,1-3H3,(H,20,21)/b16-14+. The predicted octanol–water partition coefficient (Wildman–Crippen LogP) is 3.71. The largest absolute Gasteiger partial charge is 0.351 e. The molecule has 0 atom stereocenters. The Morgan fingerprint density at radius 1 is 1.18 bits per heavy atom. The van der Waals surface area contributed by atoms with Gasteiger partial charge in [-0.25, -0.2) is 0 Å². The number of hydrogen-bond acceptors (Lipinski definition) is 2. The van der Waals surface area contributed by atoms with Gasteiger partial charge >= 0.3 is 0 Å². The monoisotopic (exact) mass is 297 g/mol. The fourth-order valence-electron chi connectivity index (χ4n) is 2.62. The first-order chi connectivity index (χ1) is 10.7. The summed E-state index contributed by atoms with van der Waals surface area (Å²) in [7, 11) is 1.80. The van der Waals surface area contributed by atoms with E-state index in [1.54, 1.807) is 12.6 Å². The van der Waals surface area contributed by atoms with Gasteiger partial charge in [-0.15, -0.1) is 0 Å². The quantitative estimate of drug-likeness (QED) is 0.678. The summed E-state index contributed by atoms with van der Waals surface area (Å²) in [4.78, 5) is 6.62. The second kappa shape index (κ2) is 8.54. The van der Waals surface area contributed by atoms with Crippen LogP contribution in [0.5, 0.6) is 0 Å². The third-order valence-electron chi connectivity index (χ3n) is 4.00. The maximum Gasteiger partial charge on any atom is 0.0967 e. The van der Waals surface area contributed by atoms with Crippen molar-refractivity contribution >= 4 is 11.9 Å². The summed E-state index contributed by atoms with van der Waals surface area (Å²) in [6, 6.07) is 10.6. The molecular formula is C19H27N3. The third-order valence-corrected chi connectivity index (χ3v) is 4.00. The topological polar surface area (TPSA) is 27.6 Å². The van der Waals surface area contributed by atoms with Crippen molar-refractivity contribution in [1.82, 2.24) is 10.2 Å². The summed E-state index contributed by atoms with van der Waals surface area (Å²) in [6.07, 6.45) is 6.76. The zero-order chi connectivity index (χ0) is 15.8. The van der Waals surface area contributed by atoms with Gasteiger partial charge in [0.15, 0.2) is 0 Å². The zero-order valence-electron chi connectivity index (χ0n) is 14.0. The minimum Gasteiger partial charge on any atom is -0.351 e. The van der Waals surface area contributed by atoms with E-state index in [4.69, 9.17) is 0 Å². The highest BCUT2D eigenvalue weighted by atomic mass is 15.1. The molecule has 0 saturated carbocycles. The molecule has 1 aliphatic rings. The average Bonchev–Trinajstić information content (AvgIpc) is 2.55. The van der Waals surface area contributed by atoms with Gasteiger partial charge in [-0.1, -0.05) is 42.0 Å². The fourth-order valence-corrected chi connectivity index (χ4v) is 2.62. The van der Waals surface area contributed by atoms with E-state index in [0.717, 1.165) is 25.5 Å². The second-order valence-corrected chi connectivity index (χ2v) is 5.93. The van der Waals surface area contributed by atoms with Crippen molar-refractivity contribution in [2.24, 2.45) is 4.99 Å². The summed E-state index contributed by atoms with van der Waals surface area (Å²) in [5.41, 5.74) is 4.23. The van der Waals surface area contributed by atoms with Crippen LogP contribution in [-0.4, -0.2) is 37.4 Å². The lowest BCUT2D eigenvalue weighted by Crippen LogP contribution is -2.32. The Kier molecular flexibility index (Phi) is 6.41. The van der Waals surface area contributed by atoms with Gasteiger partial charge in [0.2, 0.25) is 0 Å². The van der Waals surface area contributed by atoms with E-state index < -0.39 is 0 Å². The molecule has 1 N–H and O–H groups in total. The van der Waals surface area contributed by atoms with Crippen LogP contribution in [0.15, 0.2) is 52.7 Å². The Bertz CT molecular complexity index is 545. The van der Waals surface area contributed by atoms with Crippen LogP contribution in [0, 0.1) is 0 Å². The van der Waals surface area contributed by atoms with E-state index in [1.807, 2.05) is 6.92 Å². The summed E-state index contributed by atoms with van der Waals surface area (Å²) in [6.45, 7) is 7.47. The summed E-state index contributed by atoms with van der Waals surface area (Å²) < 4.78 is 0. The summed E-state index contributed by atoms with van der Waals surface area (Å²) >= 11 is 0. The van der Waals surface area contributed by atoms with Crippen molar-refractivity contribution in [1.29, 1.82) is 0 Å². The number of amidine groups is 1. The molecule has 1 aliphatic heterocycles. The molecule has 0 unspecified atom stereocenters. The number of nitrogens with one attached hydrogen (secondary N) is 1. The molecule has 0 amide bonds. The Hall–Kier alpha value is -1.87. The molecule has 1 aromatic carbocycles. The Morgan fingerprint density at radius 2 is 1.86 bits per heavy atom. The molecule has 0 aromatic heterocycles. The molecule has 118 valence electrons. The minimum absolute atomic E-state index is 0.950. The van der Waals surface area contributed by atoms with Crippen LogP contribution >= 0.6 is 0 Å². The molecule has 0 spiro atoms. The van der Waals surface area contributed by atoms with Gasteiger partial charge in [0.1, 0.15) is 0 Å². The van der Waals surface area contributed by atoms with Gasteiger partial charge in [0.05, 0.1) is 5.84 Å². The van der Waals surface area contributed by atoms with Crippen LogP contribution in [0.3, 0.4) is 0 Å². The molecule has 1 heterocycles.